The lowest BCUT2D eigenvalue weighted by Crippen LogP contribution is -2.66. The summed E-state index contributed by atoms with van der Waals surface area (Å²) in [7, 11) is 2.04. The van der Waals surface area contributed by atoms with Crippen LogP contribution in [0.15, 0.2) is 0 Å². The van der Waals surface area contributed by atoms with Gasteiger partial charge in [0.15, 0.2) is 0 Å². The zero-order valence-corrected chi connectivity index (χ0v) is 9.51. The molecule has 4 nitrogen and oxygen atoms in total. The fourth-order valence-corrected chi connectivity index (χ4v) is 3.50. The summed E-state index contributed by atoms with van der Waals surface area (Å²) in [5.41, 5.74) is 6.01. The van der Waals surface area contributed by atoms with Crippen LogP contribution >= 0.6 is 0 Å². The van der Waals surface area contributed by atoms with Crippen LogP contribution in [0.3, 0.4) is 0 Å². The van der Waals surface area contributed by atoms with E-state index in [9.17, 15) is 0 Å². The lowest BCUT2D eigenvalue weighted by Gasteiger charge is -2.37. The van der Waals surface area contributed by atoms with Crippen LogP contribution in [0.2, 0.25) is 0 Å². The summed E-state index contributed by atoms with van der Waals surface area (Å²) in [5, 5.41) is -0.523. The third-order valence-corrected chi connectivity index (χ3v) is 5.60. The first kappa shape index (κ1) is 12.1. The van der Waals surface area contributed by atoms with Crippen molar-refractivity contribution in [3.8, 4) is 0 Å². The third-order valence-electron chi connectivity index (χ3n) is 2.24. The van der Waals surface area contributed by atoms with E-state index in [1.807, 2.05) is 13.8 Å². The van der Waals surface area contributed by atoms with E-state index in [0.717, 1.165) is 6.42 Å². The van der Waals surface area contributed by atoms with Gasteiger partial charge in [0.1, 0.15) is 0 Å². The Morgan fingerprint density at radius 2 is 1.50 bits per heavy atom. The average Bonchev–Trinajstić information content (AvgIpc) is 2.08. The predicted molar refractivity (Wildman–Crippen MR) is 49.7 cm³/mol. The van der Waals surface area contributed by atoms with Crippen molar-refractivity contribution >= 4 is 8.80 Å². The molecule has 0 aromatic carbocycles. The summed E-state index contributed by atoms with van der Waals surface area (Å²) in [4.78, 5) is 0. The van der Waals surface area contributed by atoms with Crippen LogP contribution in [0.25, 0.3) is 0 Å². The molecule has 0 amide bonds. The quantitative estimate of drug-likeness (QED) is 0.647. The molecule has 12 heavy (non-hydrogen) atoms. The Hall–Kier alpha value is 0.0569. The van der Waals surface area contributed by atoms with Gasteiger partial charge >= 0.3 is 8.80 Å². The van der Waals surface area contributed by atoms with Crippen LogP contribution in [0.1, 0.15) is 20.3 Å². The fraction of sp³-hybridized carbons (Fsp3) is 1.00. The minimum atomic E-state index is -2.67. The van der Waals surface area contributed by atoms with Crippen LogP contribution in [-0.4, -0.2) is 35.3 Å². The summed E-state index contributed by atoms with van der Waals surface area (Å²) < 4.78 is 15.8. The Balaban J connectivity index is 4.69. The lowest BCUT2D eigenvalue weighted by atomic mass is 10.3. The van der Waals surface area contributed by atoms with Crippen molar-refractivity contribution in [1.29, 1.82) is 0 Å². The molecule has 0 heterocycles. The van der Waals surface area contributed by atoms with E-state index >= 15 is 0 Å². The van der Waals surface area contributed by atoms with Crippen molar-refractivity contribution in [3.05, 3.63) is 0 Å². The van der Waals surface area contributed by atoms with Gasteiger partial charge in [0.2, 0.25) is 0 Å². The molecule has 0 rings (SSSR count). The van der Waals surface area contributed by atoms with Gasteiger partial charge in [-0.3, -0.25) is 0 Å². The van der Waals surface area contributed by atoms with Crippen LogP contribution in [0.4, 0.5) is 0 Å². The molecule has 1 unspecified atom stereocenters. The maximum absolute atomic E-state index is 6.01. The zero-order chi connectivity index (χ0) is 9.83. The molecule has 0 fully saturated rings. The van der Waals surface area contributed by atoms with Crippen LogP contribution in [-0.2, 0) is 13.3 Å². The first-order valence-corrected chi connectivity index (χ1v) is 5.66. The minimum absolute atomic E-state index is 0.523. The molecule has 0 spiro atoms. The second-order valence-corrected chi connectivity index (χ2v) is 6.42. The fourth-order valence-electron chi connectivity index (χ4n) is 1.17. The number of rotatable bonds is 5. The summed E-state index contributed by atoms with van der Waals surface area (Å²) in [5.74, 6) is 0. The van der Waals surface area contributed by atoms with Gasteiger partial charge in [-0.1, -0.05) is 6.92 Å². The molecule has 0 aromatic heterocycles. The Morgan fingerprint density at radius 1 is 1.17 bits per heavy atom. The lowest BCUT2D eigenvalue weighted by molar-refractivity contribution is 0.0939. The molecule has 0 saturated carbocycles. The van der Waals surface area contributed by atoms with Crippen LogP contribution < -0.4 is 5.73 Å². The number of nitrogens with two attached hydrogens (primary N) is 1. The first-order chi connectivity index (χ1) is 5.49. The highest BCUT2D eigenvalue weighted by molar-refractivity contribution is 6.64. The van der Waals surface area contributed by atoms with E-state index in [0.29, 0.717) is 0 Å². The van der Waals surface area contributed by atoms with Gasteiger partial charge in [0.05, 0.1) is 5.16 Å². The number of hydrogen-bond acceptors (Lipinski definition) is 4. The van der Waals surface area contributed by atoms with E-state index in [-0.39, 0.29) is 0 Å². The minimum Gasteiger partial charge on any atom is -0.376 e. The zero-order valence-electron chi connectivity index (χ0n) is 8.51. The largest absolute Gasteiger partial charge is 0.520 e. The molecule has 0 radical (unpaired) electrons. The summed E-state index contributed by atoms with van der Waals surface area (Å²) in [6.45, 7) is 3.87. The van der Waals surface area contributed by atoms with Gasteiger partial charge in [-0.2, -0.15) is 0 Å². The second-order valence-electron chi connectivity index (χ2n) is 2.94. The average molecular weight is 193 g/mol. The molecule has 5 heteroatoms. The van der Waals surface area contributed by atoms with Gasteiger partial charge < -0.3 is 19.0 Å². The Bertz CT molecular complexity index is 128. The normalized spacial score (nSPS) is 17.5. The molecule has 0 aromatic rings. The highest BCUT2D eigenvalue weighted by Crippen LogP contribution is 2.22. The van der Waals surface area contributed by atoms with Gasteiger partial charge in [-0.15, -0.1) is 0 Å². The van der Waals surface area contributed by atoms with Crippen molar-refractivity contribution in [1.82, 2.24) is 0 Å². The highest BCUT2D eigenvalue weighted by Gasteiger charge is 2.53. The van der Waals surface area contributed by atoms with E-state index in [1.54, 1.807) is 21.3 Å². The van der Waals surface area contributed by atoms with Crippen molar-refractivity contribution in [2.75, 3.05) is 21.3 Å². The molecule has 0 aliphatic heterocycles. The van der Waals surface area contributed by atoms with E-state index in [1.165, 1.54) is 0 Å². The molecule has 0 aliphatic carbocycles. The van der Waals surface area contributed by atoms with Gasteiger partial charge in [-0.05, 0) is 13.3 Å². The Labute approximate surface area is 75.4 Å². The Morgan fingerprint density at radius 3 is 1.58 bits per heavy atom. The number of hydrogen-bond donors (Lipinski definition) is 1. The van der Waals surface area contributed by atoms with E-state index in [2.05, 4.69) is 0 Å². The van der Waals surface area contributed by atoms with E-state index in [4.69, 9.17) is 19.0 Å². The van der Waals surface area contributed by atoms with Crippen molar-refractivity contribution in [2.45, 2.75) is 25.4 Å². The maximum Gasteiger partial charge on any atom is 0.520 e. The molecule has 74 valence electrons. The molecule has 1 atom stereocenters. The van der Waals surface area contributed by atoms with Gasteiger partial charge in [0.25, 0.3) is 0 Å². The standard InChI is InChI=1S/C7H19NO3Si/c1-6-7(2,8)12(9-3,10-4)11-5/h6,8H2,1-5H3. The van der Waals surface area contributed by atoms with Crippen molar-refractivity contribution < 1.29 is 13.3 Å². The second kappa shape index (κ2) is 4.34. The van der Waals surface area contributed by atoms with Gasteiger partial charge in [0, 0.05) is 21.3 Å². The monoisotopic (exact) mass is 193 g/mol. The van der Waals surface area contributed by atoms with E-state index < -0.39 is 14.0 Å². The Kier molecular flexibility index (Phi) is 4.36. The topological polar surface area (TPSA) is 53.7 Å². The third kappa shape index (κ3) is 1.86. The summed E-state index contributed by atoms with van der Waals surface area (Å²) in [6, 6.07) is 0. The van der Waals surface area contributed by atoms with Crippen LogP contribution in [0.5, 0.6) is 0 Å². The SMILES string of the molecule is CCC(C)(N)[Si](OC)(OC)OC. The first-order valence-electron chi connectivity index (χ1n) is 3.94. The predicted octanol–water partition coefficient (Wildman–Crippen LogP) is 0.531. The van der Waals surface area contributed by atoms with Crippen molar-refractivity contribution in [3.63, 3.8) is 0 Å². The molecule has 2 N–H and O–H groups in total. The highest BCUT2D eigenvalue weighted by atomic mass is 28.4. The van der Waals surface area contributed by atoms with Crippen LogP contribution in [0, 0.1) is 0 Å². The molecular weight excluding hydrogens is 174 g/mol. The summed E-state index contributed by atoms with van der Waals surface area (Å²) in [6.07, 6.45) is 0.759. The molecular formula is C7H19NO3Si. The molecule has 0 aliphatic rings. The summed E-state index contributed by atoms with van der Waals surface area (Å²) >= 11 is 0. The maximum atomic E-state index is 6.01. The molecule has 0 bridgehead atoms. The smallest absolute Gasteiger partial charge is 0.376 e. The van der Waals surface area contributed by atoms with Crippen molar-refractivity contribution in [2.24, 2.45) is 5.73 Å². The molecule has 0 saturated heterocycles. The van der Waals surface area contributed by atoms with Gasteiger partial charge in [-0.25, -0.2) is 0 Å².